The number of likely N-dealkylation sites (tertiary alicyclic amines) is 1. The first kappa shape index (κ1) is 26.8. The van der Waals surface area contributed by atoms with Crippen LogP contribution in [-0.4, -0.2) is 63.7 Å². The van der Waals surface area contributed by atoms with Gasteiger partial charge in [-0.15, -0.1) is 24.0 Å². The molecule has 1 saturated carbocycles. The monoisotopic (exact) mass is 577 g/mol. The lowest BCUT2D eigenvalue weighted by atomic mass is 9.88. The van der Waals surface area contributed by atoms with Crippen molar-refractivity contribution in [2.24, 2.45) is 10.9 Å². The molecule has 1 aromatic carbocycles. The molecule has 1 unspecified atom stereocenters. The summed E-state index contributed by atoms with van der Waals surface area (Å²) in [5.41, 5.74) is 0.921. The van der Waals surface area contributed by atoms with Crippen LogP contribution in [0, 0.1) is 5.92 Å². The molecule has 2 fully saturated rings. The van der Waals surface area contributed by atoms with Gasteiger partial charge in [-0.05, 0) is 24.8 Å². The maximum absolute atomic E-state index is 12.7. The summed E-state index contributed by atoms with van der Waals surface area (Å²) in [6.45, 7) is 1.97. The highest BCUT2D eigenvalue weighted by Crippen LogP contribution is 2.26. The number of halogens is 1. The zero-order valence-corrected chi connectivity index (χ0v) is 21.9. The normalized spacial score (nSPS) is 20.0. The average Bonchev–Trinajstić information content (AvgIpc) is 3.26. The molecule has 3 N–H and O–H groups in total. The van der Waals surface area contributed by atoms with Crippen LogP contribution in [0.2, 0.25) is 0 Å². The van der Waals surface area contributed by atoms with Gasteiger partial charge >= 0.3 is 0 Å². The van der Waals surface area contributed by atoms with E-state index in [0.717, 1.165) is 44.2 Å². The summed E-state index contributed by atoms with van der Waals surface area (Å²) >= 11 is 0. The molecule has 0 radical (unpaired) electrons. The fourth-order valence-corrected chi connectivity index (χ4v) is 5.14. The minimum atomic E-state index is -3.39. The highest BCUT2D eigenvalue weighted by atomic mass is 127. The van der Waals surface area contributed by atoms with Gasteiger partial charge in [-0.3, -0.25) is 9.79 Å². The molecule has 0 bridgehead atoms. The first-order valence-electron chi connectivity index (χ1n) is 11.2. The van der Waals surface area contributed by atoms with Gasteiger partial charge < -0.3 is 15.5 Å². The maximum atomic E-state index is 12.7. The predicted molar refractivity (Wildman–Crippen MR) is 139 cm³/mol. The number of benzene rings is 1. The Morgan fingerprint density at radius 2 is 1.84 bits per heavy atom. The number of hydrogen-bond acceptors (Lipinski definition) is 4. The van der Waals surface area contributed by atoms with E-state index in [1.807, 2.05) is 35.2 Å². The summed E-state index contributed by atoms with van der Waals surface area (Å²) in [7, 11) is -1.73. The molecule has 1 aromatic rings. The topological polar surface area (TPSA) is 103 Å². The summed E-state index contributed by atoms with van der Waals surface area (Å²) < 4.78 is 27.1. The lowest BCUT2D eigenvalue weighted by molar-refractivity contribution is -0.135. The third-order valence-electron chi connectivity index (χ3n) is 6.02. The van der Waals surface area contributed by atoms with Crippen LogP contribution in [0.25, 0.3) is 0 Å². The van der Waals surface area contributed by atoms with E-state index in [0.29, 0.717) is 18.4 Å². The molecule has 180 valence electrons. The number of nitrogens with zero attached hydrogens (tertiary/aromatic N) is 2. The number of carbonyl (C=O) groups is 1. The van der Waals surface area contributed by atoms with Gasteiger partial charge in [0.2, 0.25) is 15.9 Å². The lowest BCUT2D eigenvalue weighted by Crippen LogP contribution is -2.47. The number of rotatable bonds is 8. The third kappa shape index (κ3) is 8.51. The fourth-order valence-electron chi connectivity index (χ4n) is 4.24. The summed E-state index contributed by atoms with van der Waals surface area (Å²) in [6.07, 6.45) is 6.47. The van der Waals surface area contributed by atoms with E-state index in [1.54, 1.807) is 7.05 Å². The van der Waals surface area contributed by atoms with Gasteiger partial charge in [-0.1, -0.05) is 49.6 Å². The van der Waals surface area contributed by atoms with Gasteiger partial charge in [0.25, 0.3) is 0 Å². The van der Waals surface area contributed by atoms with Crippen molar-refractivity contribution in [2.45, 2.75) is 51.1 Å². The Kier molecular flexibility index (Phi) is 11.2. The Hall–Kier alpha value is -1.40. The van der Waals surface area contributed by atoms with Crippen LogP contribution in [-0.2, 0) is 21.4 Å². The second kappa shape index (κ2) is 13.3. The van der Waals surface area contributed by atoms with Crippen molar-refractivity contribution >= 4 is 45.9 Å². The Labute approximate surface area is 209 Å². The van der Waals surface area contributed by atoms with Gasteiger partial charge in [0.15, 0.2) is 5.96 Å². The maximum Gasteiger partial charge on any atom is 0.225 e. The molecule has 2 aliphatic rings. The number of aliphatic imine (C=N–C) groups is 1. The van der Waals surface area contributed by atoms with E-state index in [1.165, 1.54) is 6.42 Å². The molecule has 1 heterocycles. The van der Waals surface area contributed by atoms with Crippen molar-refractivity contribution in [1.82, 2.24) is 20.3 Å². The van der Waals surface area contributed by atoms with Gasteiger partial charge in [0.05, 0.1) is 5.75 Å². The van der Waals surface area contributed by atoms with E-state index >= 15 is 0 Å². The van der Waals surface area contributed by atoms with Crippen LogP contribution in [0.5, 0.6) is 0 Å². The SMILES string of the molecule is CN=C(NCCS(=O)(=O)NCc1ccccc1)NC1CCN(C(=O)C2CCCCC2)C1.I. The summed E-state index contributed by atoms with van der Waals surface area (Å²) in [6, 6.07) is 9.57. The number of guanidine groups is 1. The Bertz CT molecular complexity index is 844. The minimum absolute atomic E-state index is 0. The zero-order chi connectivity index (χ0) is 22.1. The predicted octanol–water partition coefficient (Wildman–Crippen LogP) is 2.07. The Morgan fingerprint density at radius 3 is 2.53 bits per heavy atom. The van der Waals surface area contributed by atoms with E-state index in [9.17, 15) is 13.2 Å². The quantitative estimate of drug-likeness (QED) is 0.250. The lowest BCUT2D eigenvalue weighted by Gasteiger charge is -2.26. The van der Waals surface area contributed by atoms with Crippen LogP contribution in [0.15, 0.2) is 35.3 Å². The van der Waals surface area contributed by atoms with Gasteiger partial charge in [-0.25, -0.2) is 13.1 Å². The molecular weight excluding hydrogens is 541 g/mol. The largest absolute Gasteiger partial charge is 0.355 e. The number of sulfonamides is 1. The fraction of sp³-hybridized carbons (Fsp3) is 0.636. The van der Waals surface area contributed by atoms with Crippen molar-refractivity contribution in [2.75, 3.05) is 32.4 Å². The zero-order valence-electron chi connectivity index (χ0n) is 18.8. The molecule has 1 aliphatic carbocycles. The molecule has 32 heavy (non-hydrogen) atoms. The highest BCUT2D eigenvalue weighted by molar-refractivity contribution is 14.0. The molecular formula is C22H36IN5O3S. The molecule has 1 saturated heterocycles. The molecule has 1 amide bonds. The number of amides is 1. The minimum Gasteiger partial charge on any atom is -0.355 e. The summed E-state index contributed by atoms with van der Waals surface area (Å²) in [5.74, 6) is 1.01. The molecule has 3 rings (SSSR count). The van der Waals surface area contributed by atoms with E-state index < -0.39 is 10.0 Å². The van der Waals surface area contributed by atoms with Crippen molar-refractivity contribution in [3.05, 3.63) is 35.9 Å². The van der Waals surface area contributed by atoms with E-state index in [2.05, 4.69) is 20.3 Å². The number of hydrogen-bond donors (Lipinski definition) is 3. The highest BCUT2D eigenvalue weighted by Gasteiger charge is 2.31. The summed E-state index contributed by atoms with van der Waals surface area (Å²) in [5, 5.41) is 6.40. The smallest absolute Gasteiger partial charge is 0.225 e. The van der Waals surface area contributed by atoms with Crippen LogP contribution >= 0.6 is 24.0 Å². The van der Waals surface area contributed by atoms with Crippen molar-refractivity contribution in [3.63, 3.8) is 0 Å². The van der Waals surface area contributed by atoms with Crippen LogP contribution in [0.3, 0.4) is 0 Å². The first-order chi connectivity index (χ1) is 15.0. The molecule has 1 atom stereocenters. The Balaban J connectivity index is 0.00000363. The standard InChI is InChI=1S/C22H35N5O3S.HI/c1-23-22(24-13-15-31(29,30)25-16-18-8-4-2-5-9-18)26-20-12-14-27(17-20)21(28)19-10-6-3-7-11-19;/h2,4-5,8-9,19-20,25H,3,6-7,10-17H2,1H3,(H2,23,24,26);1H. The second-order valence-electron chi connectivity index (χ2n) is 8.37. The van der Waals surface area contributed by atoms with Crippen LogP contribution < -0.4 is 15.4 Å². The first-order valence-corrected chi connectivity index (χ1v) is 12.9. The van der Waals surface area contributed by atoms with Crippen LogP contribution in [0.1, 0.15) is 44.1 Å². The molecule has 0 spiro atoms. The molecule has 8 nitrogen and oxygen atoms in total. The molecule has 0 aromatic heterocycles. The molecule has 1 aliphatic heterocycles. The third-order valence-corrected chi connectivity index (χ3v) is 7.35. The molecule has 10 heteroatoms. The van der Waals surface area contributed by atoms with Crippen molar-refractivity contribution < 1.29 is 13.2 Å². The number of nitrogens with one attached hydrogen (secondary N) is 3. The van der Waals surface area contributed by atoms with Gasteiger partial charge in [-0.2, -0.15) is 0 Å². The van der Waals surface area contributed by atoms with Gasteiger partial charge in [0, 0.05) is 45.2 Å². The second-order valence-corrected chi connectivity index (χ2v) is 10.3. The summed E-state index contributed by atoms with van der Waals surface area (Å²) in [4.78, 5) is 18.9. The van der Waals surface area contributed by atoms with E-state index in [-0.39, 0.29) is 54.8 Å². The van der Waals surface area contributed by atoms with Gasteiger partial charge in [0.1, 0.15) is 0 Å². The Morgan fingerprint density at radius 1 is 1.12 bits per heavy atom. The number of carbonyl (C=O) groups excluding carboxylic acids is 1. The van der Waals surface area contributed by atoms with Crippen molar-refractivity contribution in [3.8, 4) is 0 Å². The van der Waals surface area contributed by atoms with Crippen LogP contribution in [0.4, 0.5) is 0 Å². The van der Waals surface area contributed by atoms with E-state index in [4.69, 9.17) is 0 Å². The average molecular weight is 578 g/mol. The van der Waals surface area contributed by atoms with Crippen molar-refractivity contribution in [1.29, 1.82) is 0 Å².